The molecule has 0 aliphatic heterocycles. The molecule has 0 fully saturated rings. The highest BCUT2D eigenvalue weighted by Crippen LogP contribution is 2.25. The van der Waals surface area contributed by atoms with Gasteiger partial charge in [-0.25, -0.2) is 0 Å². The van der Waals surface area contributed by atoms with Crippen molar-refractivity contribution in [2.75, 3.05) is 6.61 Å². The van der Waals surface area contributed by atoms with E-state index in [0.29, 0.717) is 5.56 Å². The number of aliphatic hydroxyl groups excluding tert-OH is 1. The van der Waals surface area contributed by atoms with Crippen LogP contribution in [0.1, 0.15) is 11.6 Å². The first kappa shape index (κ1) is 9.51. The Morgan fingerprint density at radius 2 is 2.17 bits per heavy atom. The van der Waals surface area contributed by atoms with Gasteiger partial charge in [0.05, 0.1) is 12.6 Å². The van der Waals surface area contributed by atoms with Gasteiger partial charge in [0, 0.05) is 10.0 Å². The Morgan fingerprint density at radius 1 is 1.50 bits per heavy atom. The quantitative estimate of drug-likeness (QED) is 0.716. The average molecular weight is 232 g/mol. The highest BCUT2D eigenvalue weighted by atomic mass is 79.9. The number of hydrogen-bond acceptors (Lipinski definition) is 3. The zero-order valence-corrected chi connectivity index (χ0v) is 7.95. The molecular formula is C8H10BrNO2. The van der Waals surface area contributed by atoms with E-state index in [0.717, 1.165) is 4.47 Å². The van der Waals surface area contributed by atoms with Crippen LogP contribution in [-0.2, 0) is 0 Å². The molecule has 66 valence electrons. The summed E-state index contributed by atoms with van der Waals surface area (Å²) in [5.74, 6) is 0.111. The van der Waals surface area contributed by atoms with Crippen LogP contribution in [0.15, 0.2) is 22.7 Å². The molecule has 0 saturated carbocycles. The topological polar surface area (TPSA) is 66.5 Å². The molecule has 3 nitrogen and oxygen atoms in total. The summed E-state index contributed by atoms with van der Waals surface area (Å²) in [5.41, 5.74) is 6.08. The van der Waals surface area contributed by atoms with E-state index in [9.17, 15) is 5.11 Å². The zero-order valence-electron chi connectivity index (χ0n) is 6.37. The maximum Gasteiger partial charge on any atom is 0.120 e. The van der Waals surface area contributed by atoms with Crippen molar-refractivity contribution >= 4 is 15.9 Å². The van der Waals surface area contributed by atoms with Crippen LogP contribution >= 0.6 is 15.9 Å². The fourth-order valence-electron chi connectivity index (χ4n) is 0.921. The van der Waals surface area contributed by atoms with E-state index in [2.05, 4.69) is 15.9 Å². The molecule has 0 aliphatic carbocycles. The number of nitrogens with two attached hydrogens (primary N) is 1. The third-order valence-electron chi connectivity index (χ3n) is 1.59. The lowest BCUT2D eigenvalue weighted by Gasteiger charge is -2.10. The molecule has 1 aromatic rings. The summed E-state index contributed by atoms with van der Waals surface area (Å²) in [5, 5.41) is 18.1. The lowest BCUT2D eigenvalue weighted by molar-refractivity contribution is 0.265. The van der Waals surface area contributed by atoms with E-state index in [1.165, 1.54) is 6.07 Å². The lowest BCUT2D eigenvalue weighted by Crippen LogP contribution is -2.14. The van der Waals surface area contributed by atoms with Crippen LogP contribution in [-0.4, -0.2) is 16.8 Å². The van der Waals surface area contributed by atoms with Gasteiger partial charge in [-0.1, -0.05) is 15.9 Å². The molecule has 4 heteroatoms. The van der Waals surface area contributed by atoms with E-state index in [1.807, 2.05) is 0 Å². The van der Waals surface area contributed by atoms with E-state index in [-0.39, 0.29) is 12.4 Å². The van der Waals surface area contributed by atoms with Crippen molar-refractivity contribution in [2.45, 2.75) is 6.04 Å². The van der Waals surface area contributed by atoms with Crippen LogP contribution in [0.2, 0.25) is 0 Å². The second-order valence-corrected chi connectivity index (χ2v) is 3.41. The molecule has 0 heterocycles. The van der Waals surface area contributed by atoms with Crippen molar-refractivity contribution in [2.24, 2.45) is 5.73 Å². The van der Waals surface area contributed by atoms with Crippen molar-refractivity contribution in [1.29, 1.82) is 0 Å². The van der Waals surface area contributed by atoms with Gasteiger partial charge in [-0.15, -0.1) is 0 Å². The summed E-state index contributed by atoms with van der Waals surface area (Å²) in [4.78, 5) is 0. The zero-order chi connectivity index (χ0) is 9.14. The molecule has 0 amide bonds. The first-order valence-electron chi connectivity index (χ1n) is 3.50. The van der Waals surface area contributed by atoms with Crippen LogP contribution in [0.25, 0.3) is 0 Å². The largest absolute Gasteiger partial charge is 0.508 e. The van der Waals surface area contributed by atoms with Crippen LogP contribution in [0.3, 0.4) is 0 Å². The molecule has 1 atom stereocenters. The van der Waals surface area contributed by atoms with Crippen molar-refractivity contribution < 1.29 is 10.2 Å². The number of benzene rings is 1. The fraction of sp³-hybridized carbons (Fsp3) is 0.250. The van der Waals surface area contributed by atoms with Crippen molar-refractivity contribution in [3.8, 4) is 5.75 Å². The van der Waals surface area contributed by atoms with E-state index < -0.39 is 6.04 Å². The summed E-state index contributed by atoms with van der Waals surface area (Å²) >= 11 is 3.25. The molecular weight excluding hydrogens is 222 g/mol. The lowest BCUT2D eigenvalue weighted by atomic mass is 10.1. The number of phenolic OH excluding ortho intramolecular Hbond substituents is 1. The Balaban J connectivity index is 3.04. The average Bonchev–Trinajstić information content (AvgIpc) is 2.08. The first-order valence-corrected chi connectivity index (χ1v) is 4.29. The monoisotopic (exact) mass is 231 g/mol. The molecule has 0 bridgehead atoms. The van der Waals surface area contributed by atoms with Gasteiger partial charge in [0.2, 0.25) is 0 Å². The van der Waals surface area contributed by atoms with E-state index in [4.69, 9.17) is 10.8 Å². The van der Waals surface area contributed by atoms with E-state index in [1.54, 1.807) is 12.1 Å². The minimum Gasteiger partial charge on any atom is -0.508 e. The van der Waals surface area contributed by atoms with Crippen LogP contribution < -0.4 is 5.73 Å². The number of rotatable bonds is 2. The smallest absolute Gasteiger partial charge is 0.120 e. The van der Waals surface area contributed by atoms with Crippen molar-refractivity contribution in [3.63, 3.8) is 0 Å². The molecule has 0 spiro atoms. The maximum absolute atomic E-state index is 9.32. The van der Waals surface area contributed by atoms with Gasteiger partial charge in [-0.05, 0) is 18.2 Å². The van der Waals surface area contributed by atoms with Gasteiger partial charge in [0.15, 0.2) is 0 Å². The highest BCUT2D eigenvalue weighted by molar-refractivity contribution is 9.10. The Hall–Kier alpha value is -0.580. The predicted octanol–water partition coefficient (Wildman–Crippen LogP) is 1.15. The fourth-order valence-corrected chi connectivity index (χ4v) is 1.30. The molecule has 4 N–H and O–H groups in total. The molecule has 0 aliphatic rings. The Morgan fingerprint density at radius 3 is 2.75 bits per heavy atom. The summed E-state index contributed by atoms with van der Waals surface area (Å²) in [6.07, 6.45) is 0. The van der Waals surface area contributed by atoms with Gasteiger partial charge < -0.3 is 15.9 Å². The third kappa shape index (κ3) is 1.97. The number of phenols is 1. The summed E-state index contributed by atoms with van der Waals surface area (Å²) < 4.78 is 0.833. The van der Waals surface area contributed by atoms with Crippen molar-refractivity contribution in [3.05, 3.63) is 28.2 Å². The van der Waals surface area contributed by atoms with Crippen LogP contribution in [0.4, 0.5) is 0 Å². The Kier molecular flexibility index (Phi) is 3.08. The summed E-state index contributed by atoms with van der Waals surface area (Å²) in [7, 11) is 0. The van der Waals surface area contributed by atoms with Gasteiger partial charge in [0.25, 0.3) is 0 Å². The molecule has 0 aromatic heterocycles. The van der Waals surface area contributed by atoms with Gasteiger partial charge in [-0.2, -0.15) is 0 Å². The molecule has 0 radical (unpaired) electrons. The SMILES string of the molecule is N[C@@H](CO)c1cc(Br)ccc1O. The molecule has 12 heavy (non-hydrogen) atoms. The van der Waals surface area contributed by atoms with E-state index >= 15 is 0 Å². The molecule has 1 aromatic carbocycles. The van der Waals surface area contributed by atoms with Crippen LogP contribution in [0.5, 0.6) is 5.75 Å². The Labute approximate surface area is 79.0 Å². The second kappa shape index (κ2) is 3.89. The van der Waals surface area contributed by atoms with Crippen LogP contribution in [0, 0.1) is 0 Å². The standard InChI is InChI=1S/C8H10BrNO2/c9-5-1-2-8(12)6(3-5)7(10)4-11/h1-3,7,11-12H,4,10H2/t7-/m0/s1. The number of aliphatic hydroxyl groups is 1. The molecule has 0 unspecified atom stereocenters. The van der Waals surface area contributed by atoms with Gasteiger partial charge >= 0.3 is 0 Å². The Bertz CT molecular complexity index is 278. The maximum atomic E-state index is 9.32. The minimum atomic E-state index is -0.525. The third-order valence-corrected chi connectivity index (χ3v) is 2.08. The summed E-state index contributed by atoms with van der Waals surface area (Å²) in [6.45, 7) is -0.177. The second-order valence-electron chi connectivity index (χ2n) is 2.49. The molecule has 0 saturated heterocycles. The van der Waals surface area contributed by atoms with Crippen molar-refractivity contribution in [1.82, 2.24) is 0 Å². The number of hydrogen-bond donors (Lipinski definition) is 3. The first-order chi connectivity index (χ1) is 5.65. The van der Waals surface area contributed by atoms with Gasteiger partial charge in [-0.3, -0.25) is 0 Å². The van der Waals surface area contributed by atoms with Gasteiger partial charge in [0.1, 0.15) is 5.75 Å². The molecule has 1 rings (SSSR count). The minimum absolute atomic E-state index is 0.111. The predicted molar refractivity (Wildman–Crippen MR) is 49.8 cm³/mol. The summed E-state index contributed by atoms with van der Waals surface area (Å²) in [6, 6.07) is 4.41. The normalized spacial score (nSPS) is 12.9. The number of halogens is 1. The highest BCUT2D eigenvalue weighted by Gasteiger charge is 2.09. The number of aromatic hydroxyl groups is 1.